The lowest BCUT2D eigenvalue weighted by atomic mass is 9.90. The van der Waals surface area contributed by atoms with E-state index < -0.39 is 0 Å². The zero-order valence-electron chi connectivity index (χ0n) is 10.8. The highest BCUT2D eigenvalue weighted by molar-refractivity contribution is 5.83. The molecule has 3 rings (SSSR count). The molecule has 0 saturated carbocycles. The molecule has 2 heteroatoms. The van der Waals surface area contributed by atoms with E-state index in [0.29, 0.717) is 6.04 Å². The standard InChI is InChI=1S/C16H20N2/c1-18-10-4-7-15(17)16(18)14-9-8-12-5-2-3-6-13(12)11-14/h2-3,5-6,8-9,11,15-16H,4,7,10,17H2,1H3. The average Bonchev–Trinajstić information content (AvgIpc) is 2.38. The van der Waals surface area contributed by atoms with Gasteiger partial charge in [0.15, 0.2) is 0 Å². The van der Waals surface area contributed by atoms with Gasteiger partial charge in [0.1, 0.15) is 0 Å². The minimum absolute atomic E-state index is 0.255. The van der Waals surface area contributed by atoms with Gasteiger partial charge in [-0.2, -0.15) is 0 Å². The van der Waals surface area contributed by atoms with Crippen LogP contribution in [-0.2, 0) is 0 Å². The molecule has 2 aromatic rings. The largest absolute Gasteiger partial charge is 0.326 e. The highest BCUT2D eigenvalue weighted by Gasteiger charge is 2.27. The Labute approximate surface area is 108 Å². The van der Waals surface area contributed by atoms with Crippen LogP contribution >= 0.6 is 0 Å². The van der Waals surface area contributed by atoms with E-state index >= 15 is 0 Å². The summed E-state index contributed by atoms with van der Waals surface area (Å²) < 4.78 is 0. The molecule has 0 amide bonds. The van der Waals surface area contributed by atoms with E-state index in [1.807, 2.05) is 0 Å². The quantitative estimate of drug-likeness (QED) is 0.830. The molecular formula is C16H20N2. The maximum Gasteiger partial charge on any atom is 0.0496 e. The number of rotatable bonds is 1. The van der Waals surface area contributed by atoms with Crippen molar-refractivity contribution in [1.82, 2.24) is 4.90 Å². The number of fused-ring (bicyclic) bond motifs is 1. The third-order valence-electron chi connectivity index (χ3n) is 4.04. The van der Waals surface area contributed by atoms with Gasteiger partial charge >= 0.3 is 0 Å². The normalized spacial score (nSPS) is 25.4. The van der Waals surface area contributed by atoms with Crippen molar-refractivity contribution in [3.05, 3.63) is 48.0 Å². The first-order valence-electron chi connectivity index (χ1n) is 6.70. The van der Waals surface area contributed by atoms with Gasteiger partial charge in [0.05, 0.1) is 0 Å². The van der Waals surface area contributed by atoms with Crippen LogP contribution in [0.1, 0.15) is 24.4 Å². The van der Waals surface area contributed by atoms with Crippen LogP contribution in [-0.4, -0.2) is 24.5 Å². The lowest BCUT2D eigenvalue weighted by Crippen LogP contribution is -2.43. The Kier molecular flexibility index (Phi) is 3.06. The van der Waals surface area contributed by atoms with Crippen LogP contribution in [0.4, 0.5) is 0 Å². The molecule has 18 heavy (non-hydrogen) atoms. The highest BCUT2D eigenvalue weighted by Crippen LogP contribution is 2.30. The van der Waals surface area contributed by atoms with Gasteiger partial charge in [0.2, 0.25) is 0 Å². The van der Waals surface area contributed by atoms with Gasteiger partial charge in [-0.3, -0.25) is 4.90 Å². The van der Waals surface area contributed by atoms with E-state index in [1.165, 1.54) is 22.8 Å². The van der Waals surface area contributed by atoms with Gasteiger partial charge in [-0.1, -0.05) is 36.4 Å². The Bertz CT molecular complexity index is 540. The van der Waals surface area contributed by atoms with E-state index in [2.05, 4.69) is 54.4 Å². The SMILES string of the molecule is CN1CCCC(N)C1c1ccc2ccccc2c1. The zero-order valence-corrected chi connectivity index (χ0v) is 10.8. The Balaban J connectivity index is 2.02. The van der Waals surface area contributed by atoms with Crippen LogP contribution in [0.15, 0.2) is 42.5 Å². The number of hydrogen-bond acceptors (Lipinski definition) is 2. The fourth-order valence-electron chi connectivity index (χ4n) is 3.09. The smallest absolute Gasteiger partial charge is 0.0496 e. The first-order chi connectivity index (χ1) is 8.75. The van der Waals surface area contributed by atoms with Crippen molar-refractivity contribution in [2.45, 2.75) is 24.9 Å². The number of nitrogens with two attached hydrogens (primary N) is 1. The molecule has 1 heterocycles. The molecule has 2 nitrogen and oxygen atoms in total. The summed E-state index contributed by atoms with van der Waals surface area (Å²) in [6.45, 7) is 1.14. The van der Waals surface area contributed by atoms with E-state index in [4.69, 9.17) is 5.73 Å². The molecule has 2 N–H and O–H groups in total. The molecule has 2 atom stereocenters. The van der Waals surface area contributed by atoms with E-state index in [1.54, 1.807) is 0 Å². The topological polar surface area (TPSA) is 29.3 Å². The molecule has 0 spiro atoms. The fraction of sp³-hybridized carbons (Fsp3) is 0.375. The third-order valence-corrected chi connectivity index (χ3v) is 4.04. The Morgan fingerprint density at radius 3 is 2.67 bits per heavy atom. The Morgan fingerprint density at radius 2 is 1.89 bits per heavy atom. The van der Waals surface area contributed by atoms with Gasteiger partial charge in [-0.25, -0.2) is 0 Å². The van der Waals surface area contributed by atoms with Crippen molar-refractivity contribution in [2.24, 2.45) is 5.73 Å². The fourth-order valence-corrected chi connectivity index (χ4v) is 3.09. The second kappa shape index (κ2) is 4.71. The maximum absolute atomic E-state index is 6.30. The summed E-state index contributed by atoms with van der Waals surface area (Å²) in [4.78, 5) is 2.39. The van der Waals surface area contributed by atoms with E-state index in [9.17, 15) is 0 Å². The molecule has 0 bridgehead atoms. The molecule has 1 fully saturated rings. The van der Waals surface area contributed by atoms with Crippen molar-refractivity contribution in [3.8, 4) is 0 Å². The number of hydrogen-bond donors (Lipinski definition) is 1. The molecule has 1 saturated heterocycles. The second-order valence-corrected chi connectivity index (χ2v) is 5.34. The van der Waals surface area contributed by atoms with Crippen LogP contribution in [0, 0.1) is 0 Å². The lowest BCUT2D eigenvalue weighted by molar-refractivity contribution is 0.163. The summed E-state index contributed by atoms with van der Waals surface area (Å²) in [6.07, 6.45) is 2.34. The number of likely N-dealkylation sites (N-methyl/N-ethyl adjacent to an activating group) is 1. The first kappa shape index (κ1) is 11.7. The van der Waals surface area contributed by atoms with Crippen molar-refractivity contribution in [2.75, 3.05) is 13.6 Å². The minimum atomic E-state index is 0.255. The summed E-state index contributed by atoms with van der Waals surface area (Å²) in [5, 5.41) is 2.61. The van der Waals surface area contributed by atoms with Crippen LogP contribution in [0.5, 0.6) is 0 Å². The van der Waals surface area contributed by atoms with Crippen LogP contribution in [0.3, 0.4) is 0 Å². The average molecular weight is 240 g/mol. The number of likely N-dealkylation sites (tertiary alicyclic amines) is 1. The first-order valence-corrected chi connectivity index (χ1v) is 6.70. The summed E-state index contributed by atoms with van der Waals surface area (Å²) in [7, 11) is 2.18. The molecule has 2 unspecified atom stereocenters. The van der Waals surface area contributed by atoms with Gasteiger partial charge in [0, 0.05) is 12.1 Å². The van der Waals surface area contributed by atoms with Gasteiger partial charge < -0.3 is 5.73 Å². The summed E-state index contributed by atoms with van der Waals surface area (Å²) >= 11 is 0. The molecule has 0 radical (unpaired) electrons. The third kappa shape index (κ3) is 2.02. The Hall–Kier alpha value is -1.38. The van der Waals surface area contributed by atoms with Crippen molar-refractivity contribution in [1.29, 1.82) is 0 Å². The summed E-state index contributed by atoms with van der Waals surface area (Å²) in [6, 6.07) is 15.9. The van der Waals surface area contributed by atoms with Crippen LogP contribution < -0.4 is 5.73 Å². The molecule has 94 valence electrons. The molecule has 1 aliphatic heterocycles. The predicted molar refractivity (Wildman–Crippen MR) is 76.5 cm³/mol. The summed E-state index contributed by atoms with van der Waals surface area (Å²) in [5.74, 6) is 0. The second-order valence-electron chi connectivity index (χ2n) is 5.34. The van der Waals surface area contributed by atoms with Gasteiger partial charge in [-0.05, 0) is 48.8 Å². The number of benzene rings is 2. The van der Waals surface area contributed by atoms with E-state index in [-0.39, 0.29) is 6.04 Å². The van der Waals surface area contributed by atoms with Gasteiger partial charge in [-0.15, -0.1) is 0 Å². The maximum atomic E-state index is 6.30. The molecule has 0 aliphatic carbocycles. The minimum Gasteiger partial charge on any atom is -0.326 e. The van der Waals surface area contributed by atoms with Crippen LogP contribution in [0.25, 0.3) is 10.8 Å². The molecule has 1 aliphatic rings. The molecule has 2 aromatic carbocycles. The van der Waals surface area contributed by atoms with Crippen molar-refractivity contribution in [3.63, 3.8) is 0 Å². The Morgan fingerprint density at radius 1 is 1.11 bits per heavy atom. The van der Waals surface area contributed by atoms with Crippen molar-refractivity contribution >= 4 is 10.8 Å². The highest BCUT2D eigenvalue weighted by atomic mass is 15.2. The van der Waals surface area contributed by atoms with Crippen molar-refractivity contribution < 1.29 is 0 Å². The molecule has 0 aromatic heterocycles. The number of nitrogens with zero attached hydrogens (tertiary/aromatic N) is 1. The van der Waals surface area contributed by atoms with E-state index in [0.717, 1.165) is 13.0 Å². The zero-order chi connectivity index (χ0) is 12.5. The summed E-state index contributed by atoms with van der Waals surface area (Å²) in [5.41, 5.74) is 7.65. The lowest BCUT2D eigenvalue weighted by Gasteiger charge is -2.37. The predicted octanol–water partition coefficient (Wildman–Crippen LogP) is 2.93. The monoisotopic (exact) mass is 240 g/mol. The van der Waals surface area contributed by atoms with Crippen LogP contribution in [0.2, 0.25) is 0 Å². The molecular weight excluding hydrogens is 220 g/mol. The number of piperidine rings is 1. The van der Waals surface area contributed by atoms with Gasteiger partial charge in [0.25, 0.3) is 0 Å².